The molecule has 9 nitrogen and oxygen atoms in total. The van der Waals surface area contributed by atoms with Gasteiger partial charge in [-0.05, 0) is 24.3 Å². The van der Waals surface area contributed by atoms with E-state index < -0.39 is 17.0 Å². The average Bonchev–Trinajstić information content (AvgIpc) is 2.34. The zero-order valence-corrected chi connectivity index (χ0v) is 10.1. The molecule has 1 rings (SSSR count). The lowest BCUT2D eigenvalue weighted by Crippen LogP contribution is -2.06. The summed E-state index contributed by atoms with van der Waals surface area (Å²) < 4.78 is 4.79. The molecule has 0 atom stereocenters. The van der Waals surface area contributed by atoms with E-state index in [9.17, 15) is 19.7 Å². The van der Waals surface area contributed by atoms with Gasteiger partial charge in [-0.15, -0.1) is 10.1 Å². The van der Waals surface area contributed by atoms with Crippen LogP contribution in [0.1, 0.15) is 12.5 Å². The Labute approximate surface area is 112 Å². The largest absolute Gasteiger partial charge is 0.478 e. The molecule has 9 heteroatoms. The molecule has 0 saturated heterocycles. The predicted octanol–water partition coefficient (Wildman–Crippen LogP) is 1.21. The third-order valence-corrected chi connectivity index (χ3v) is 1.84. The fourth-order valence-corrected chi connectivity index (χ4v) is 1.19. The van der Waals surface area contributed by atoms with Gasteiger partial charge in [0.05, 0.1) is 0 Å². The van der Waals surface area contributed by atoms with Crippen LogP contribution in [0.4, 0.5) is 0 Å². The highest BCUT2D eigenvalue weighted by molar-refractivity contribution is 5.86. The molecule has 0 unspecified atom stereocenters. The van der Waals surface area contributed by atoms with E-state index in [0.29, 0.717) is 0 Å². The Morgan fingerprint density at radius 1 is 1.40 bits per heavy atom. The molecule has 0 aliphatic carbocycles. The molecule has 20 heavy (non-hydrogen) atoms. The number of benzene rings is 1. The zero-order valence-electron chi connectivity index (χ0n) is 10.1. The molecule has 0 amide bonds. The SMILES string of the molecule is CC(=O)Oc1ccc(OO[N+](=O)[O-])c(C=CC(=O)O)c1. The summed E-state index contributed by atoms with van der Waals surface area (Å²) in [7, 11) is 0. The maximum absolute atomic E-state index is 10.8. The number of rotatable bonds is 6. The number of carboxylic acid groups (broad SMARTS) is 1. The van der Waals surface area contributed by atoms with Crippen molar-refractivity contribution in [1.29, 1.82) is 0 Å². The van der Waals surface area contributed by atoms with Gasteiger partial charge in [0.15, 0.2) is 5.75 Å². The van der Waals surface area contributed by atoms with Gasteiger partial charge in [-0.1, -0.05) is 4.99 Å². The van der Waals surface area contributed by atoms with Gasteiger partial charge < -0.3 is 9.84 Å². The van der Waals surface area contributed by atoms with Crippen LogP contribution < -0.4 is 9.62 Å². The minimum absolute atomic E-state index is 0.116. The third kappa shape index (κ3) is 5.04. The fraction of sp³-hybridized carbons (Fsp3) is 0.0909. The number of hydrogen-bond acceptors (Lipinski definition) is 7. The van der Waals surface area contributed by atoms with Crippen molar-refractivity contribution in [2.45, 2.75) is 6.92 Å². The second-order valence-electron chi connectivity index (χ2n) is 3.35. The number of ether oxygens (including phenoxy) is 1. The van der Waals surface area contributed by atoms with Crippen LogP contribution in [0.3, 0.4) is 0 Å². The number of carbonyl (C=O) groups excluding carboxylic acids is 1. The molecule has 0 radical (unpaired) electrons. The molecule has 0 fully saturated rings. The molecule has 0 aliphatic rings. The first kappa shape index (κ1) is 15.0. The van der Waals surface area contributed by atoms with Gasteiger partial charge in [-0.2, -0.15) is 0 Å². The van der Waals surface area contributed by atoms with Gasteiger partial charge in [0.1, 0.15) is 5.75 Å². The molecule has 1 aromatic rings. The quantitative estimate of drug-likeness (QED) is 0.206. The number of carbonyl (C=O) groups is 2. The van der Waals surface area contributed by atoms with E-state index >= 15 is 0 Å². The van der Waals surface area contributed by atoms with E-state index in [1.165, 1.54) is 25.1 Å². The highest BCUT2D eigenvalue weighted by atomic mass is 17.3. The topological polar surface area (TPSA) is 125 Å². The number of hydrogen-bond donors (Lipinski definition) is 1. The first-order valence-electron chi connectivity index (χ1n) is 5.11. The van der Waals surface area contributed by atoms with Crippen molar-refractivity contribution in [2.75, 3.05) is 0 Å². The first-order chi connectivity index (χ1) is 9.38. The van der Waals surface area contributed by atoms with Crippen molar-refractivity contribution in [2.24, 2.45) is 0 Å². The van der Waals surface area contributed by atoms with Gasteiger partial charge >= 0.3 is 17.0 Å². The van der Waals surface area contributed by atoms with Crippen molar-refractivity contribution in [3.05, 3.63) is 40.0 Å². The van der Waals surface area contributed by atoms with E-state index in [4.69, 9.17) is 9.84 Å². The van der Waals surface area contributed by atoms with Gasteiger partial charge in [-0.3, -0.25) is 9.68 Å². The Bertz CT molecular complexity index is 566. The molecule has 1 aromatic carbocycles. The summed E-state index contributed by atoms with van der Waals surface area (Å²) >= 11 is 0. The summed E-state index contributed by atoms with van der Waals surface area (Å²) in [6.45, 7) is 1.19. The van der Waals surface area contributed by atoms with Crippen LogP contribution in [-0.2, 0) is 14.6 Å². The lowest BCUT2D eigenvalue weighted by Gasteiger charge is -2.07. The van der Waals surface area contributed by atoms with E-state index in [1.807, 2.05) is 0 Å². The van der Waals surface area contributed by atoms with E-state index in [0.717, 1.165) is 12.2 Å². The van der Waals surface area contributed by atoms with Crippen LogP contribution in [-0.4, -0.2) is 22.1 Å². The number of esters is 1. The molecule has 0 aromatic heterocycles. The molecular weight excluding hydrogens is 274 g/mol. The van der Waals surface area contributed by atoms with Crippen LogP contribution in [0.25, 0.3) is 6.08 Å². The Hall–Kier alpha value is -3.10. The summed E-state index contributed by atoms with van der Waals surface area (Å²) in [6, 6.07) is 3.79. The monoisotopic (exact) mass is 283 g/mol. The maximum Gasteiger partial charge on any atom is 0.331 e. The predicted molar refractivity (Wildman–Crippen MR) is 63.1 cm³/mol. The van der Waals surface area contributed by atoms with Crippen molar-refractivity contribution >= 4 is 18.0 Å². The molecule has 0 heterocycles. The summed E-state index contributed by atoms with van der Waals surface area (Å²) in [6.07, 6.45) is 1.89. The Morgan fingerprint density at radius 2 is 2.10 bits per heavy atom. The molecule has 106 valence electrons. The van der Waals surface area contributed by atoms with E-state index in [1.54, 1.807) is 0 Å². The van der Waals surface area contributed by atoms with Crippen molar-refractivity contribution in [1.82, 2.24) is 0 Å². The van der Waals surface area contributed by atoms with Crippen molar-refractivity contribution < 1.29 is 34.4 Å². The fourth-order valence-electron chi connectivity index (χ4n) is 1.19. The highest BCUT2D eigenvalue weighted by Crippen LogP contribution is 2.26. The molecule has 0 saturated carbocycles. The first-order valence-corrected chi connectivity index (χ1v) is 5.11. The third-order valence-electron chi connectivity index (χ3n) is 1.84. The summed E-state index contributed by atoms with van der Waals surface area (Å²) in [5, 5.41) is 17.4. The number of aliphatic carboxylic acids is 1. The Balaban J connectivity index is 3.05. The van der Waals surface area contributed by atoms with E-state index in [2.05, 4.69) is 9.88 Å². The Morgan fingerprint density at radius 3 is 2.65 bits per heavy atom. The second-order valence-corrected chi connectivity index (χ2v) is 3.35. The molecule has 1 N–H and O–H groups in total. The lowest BCUT2D eigenvalue weighted by atomic mass is 10.1. The van der Waals surface area contributed by atoms with Crippen LogP contribution in [0.5, 0.6) is 11.5 Å². The smallest absolute Gasteiger partial charge is 0.331 e. The summed E-state index contributed by atoms with van der Waals surface area (Å²) in [4.78, 5) is 39.4. The maximum atomic E-state index is 10.8. The summed E-state index contributed by atoms with van der Waals surface area (Å²) in [5.74, 6) is -1.80. The molecular formula is C11H9NO8. The van der Waals surface area contributed by atoms with Gasteiger partial charge in [0.25, 0.3) is 0 Å². The molecule has 0 bridgehead atoms. The lowest BCUT2D eigenvalue weighted by molar-refractivity contribution is -0.832. The zero-order chi connectivity index (χ0) is 15.1. The van der Waals surface area contributed by atoms with Crippen molar-refractivity contribution in [3.8, 4) is 11.5 Å². The van der Waals surface area contributed by atoms with Crippen LogP contribution in [0.2, 0.25) is 0 Å². The highest BCUT2D eigenvalue weighted by Gasteiger charge is 2.08. The average molecular weight is 283 g/mol. The van der Waals surface area contributed by atoms with Crippen molar-refractivity contribution in [3.63, 3.8) is 0 Å². The van der Waals surface area contributed by atoms with Crippen LogP contribution >= 0.6 is 0 Å². The summed E-state index contributed by atoms with van der Waals surface area (Å²) in [5.41, 5.74) is 0.119. The van der Waals surface area contributed by atoms with Crippen LogP contribution in [0, 0.1) is 10.1 Å². The Kier molecular flexibility index (Phi) is 5.03. The second kappa shape index (κ2) is 6.73. The number of nitrogens with zero attached hydrogens (tertiary/aromatic N) is 1. The minimum Gasteiger partial charge on any atom is -0.478 e. The van der Waals surface area contributed by atoms with Crippen LogP contribution in [0.15, 0.2) is 24.3 Å². The normalized spacial score (nSPS) is 10.1. The van der Waals surface area contributed by atoms with Gasteiger partial charge in [0.2, 0.25) is 0 Å². The van der Waals surface area contributed by atoms with Gasteiger partial charge in [0, 0.05) is 18.6 Å². The number of carboxylic acids is 1. The van der Waals surface area contributed by atoms with Gasteiger partial charge in [-0.25, -0.2) is 4.79 Å². The minimum atomic E-state index is -1.23. The van der Waals surface area contributed by atoms with E-state index in [-0.39, 0.29) is 17.1 Å². The standard InChI is InChI=1S/C11H9NO8/c1-7(13)18-9-3-4-10(19-20-12(16)17)8(6-9)2-5-11(14)15/h2-6H,1H3,(H,14,15). The molecule has 0 aliphatic heterocycles. The molecule has 0 spiro atoms.